The second-order valence-corrected chi connectivity index (χ2v) is 5.19. The van der Waals surface area contributed by atoms with Crippen LogP contribution in [-0.4, -0.2) is 16.0 Å². The zero-order valence-corrected chi connectivity index (χ0v) is 12.4. The summed E-state index contributed by atoms with van der Waals surface area (Å²) in [4.78, 5) is 16.1. The van der Waals surface area contributed by atoms with E-state index in [0.29, 0.717) is 11.4 Å². The minimum atomic E-state index is -0.323. The number of carbonyl (C=O) groups excluding carboxylic acids is 1. The van der Waals surface area contributed by atoms with Crippen molar-refractivity contribution < 1.29 is 9.32 Å². The van der Waals surface area contributed by atoms with Crippen LogP contribution in [0.1, 0.15) is 10.5 Å². The van der Waals surface area contributed by atoms with Gasteiger partial charge in [-0.3, -0.25) is 9.78 Å². The van der Waals surface area contributed by atoms with E-state index >= 15 is 0 Å². The van der Waals surface area contributed by atoms with Gasteiger partial charge in [-0.1, -0.05) is 21.1 Å². The van der Waals surface area contributed by atoms with Gasteiger partial charge < -0.3 is 9.84 Å². The number of pyridine rings is 1. The molecule has 104 valence electrons. The molecule has 0 spiro atoms. The lowest BCUT2D eigenvalue weighted by Gasteiger charge is -2.01. The molecule has 3 aromatic rings. The highest BCUT2D eigenvalue weighted by atomic mass is 79.9. The molecule has 0 atom stereocenters. The molecule has 0 bridgehead atoms. The van der Waals surface area contributed by atoms with E-state index in [0.717, 1.165) is 10.0 Å². The predicted molar refractivity (Wildman–Crippen MR) is 81.8 cm³/mol. The lowest BCUT2D eigenvalue weighted by molar-refractivity contribution is 0.101. The summed E-state index contributed by atoms with van der Waals surface area (Å²) >= 11 is 3.34. The first kappa shape index (κ1) is 13.5. The maximum absolute atomic E-state index is 12.1. The van der Waals surface area contributed by atoms with E-state index in [9.17, 15) is 4.79 Å². The van der Waals surface area contributed by atoms with Crippen LogP contribution in [0.15, 0.2) is 63.9 Å². The summed E-state index contributed by atoms with van der Waals surface area (Å²) in [6.45, 7) is 0. The van der Waals surface area contributed by atoms with Gasteiger partial charge in [-0.25, -0.2) is 0 Å². The summed E-state index contributed by atoms with van der Waals surface area (Å²) in [5.41, 5.74) is 1.68. The number of hydrogen-bond acceptors (Lipinski definition) is 4. The summed E-state index contributed by atoms with van der Waals surface area (Å²) in [5.74, 6) is 0.181. The minimum Gasteiger partial charge on any atom is -0.355 e. The van der Waals surface area contributed by atoms with E-state index in [-0.39, 0.29) is 11.6 Å². The fourth-order valence-electron chi connectivity index (χ4n) is 1.76. The Morgan fingerprint density at radius 1 is 1.19 bits per heavy atom. The average Bonchev–Trinajstić information content (AvgIpc) is 3.00. The Morgan fingerprint density at radius 3 is 2.71 bits per heavy atom. The average molecular weight is 344 g/mol. The Morgan fingerprint density at radius 2 is 2.00 bits per heavy atom. The fourth-order valence-corrected chi connectivity index (χ4v) is 2.02. The number of benzene rings is 1. The molecular weight excluding hydrogens is 334 g/mol. The van der Waals surface area contributed by atoms with Crippen LogP contribution >= 0.6 is 15.9 Å². The quantitative estimate of drug-likeness (QED) is 0.786. The first-order valence-corrected chi connectivity index (χ1v) is 6.96. The van der Waals surface area contributed by atoms with Crippen molar-refractivity contribution in [2.75, 3.05) is 5.32 Å². The van der Waals surface area contributed by atoms with Crippen molar-refractivity contribution in [2.24, 2.45) is 0 Å². The van der Waals surface area contributed by atoms with Crippen LogP contribution in [-0.2, 0) is 0 Å². The number of aromatic nitrogens is 2. The van der Waals surface area contributed by atoms with E-state index < -0.39 is 0 Å². The molecule has 3 rings (SSSR count). The van der Waals surface area contributed by atoms with Gasteiger partial charge in [0.25, 0.3) is 5.91 Å². The highest BCUT2D eigenvalue weighted by Crippen LogP contribution is 2.20. The Bertz CT molecular complexity index is 754. The number of rotatable bonds is 3. The number of anilines is 1. The monoisotopic (exact) mass is 343 g/mol. The number of hydrogen-bond donors (Lipinski definition) is 1. The van der Waals surface area contributed by atoms with Gasteiger partial charge in [0.2, 0.25) is 0 Å². The maximum atomic E-state index is 12.1. The fraction of sp³-hybridized carbons (Fsp3) is 0. The van der Waals surface area contributed by atoms with Crippen LogP contribution in [0.3, 0.4) is 0 Å². The largest absolute Gasteiger partial charge is 0.355 e. The summed E-state index contributed by atoms with van der Waals surface area (Å²) in [7, 11) is 0. The lowest BCUT2D eigenvalue weighted by Crippen LogP contribution is -2.11. The molecule has 1 aromatic carbocycles. The van der Waals surface area contributed by atoms with E-state index in [1.165, 1.54) is 0 Å². The molecule has 2 heterocycles. The number of amides is 1. The van der Waals surface area contributed by atoms with Crippen LogP contribution in [0.25, 0.3) is 11.3 Å². The molecule has 0 aliphatic carbocycles. The summed E-state index contributed by atoms with van der Waals surface area (Å²) < 4.78 is 6.12. The second kappa shape index (κ2) is 5.88. The normalized spacial score (nSPS) is 10.3. The third-order valence-electron chi connectivity index (χ3n) is 2.79. The molecule has 2 aromatic heterocycles. The Kier molecular flexibility index (Phi) is 3.79. The van der Waals surface area contributed by atoms with Gasteiger partial charge in [-0.05, 0) is 36.4 Å². The van der Waals surface area contributed by atoms with Gasteiger partial charge in [0, 0.05) is 34.2 Å². The van der Waals surface area contributed by atoms with Gasteiger partial charge in [0.05, 0.1) is 0 Å². The van der Waals surface area contributed by atoms with Gasteiger partial charge in [-0.15, -0.1) is 0 Å². The van der Waals surface area contributed by atoms with E-state index in [4.69, 9.17) is 4.52 Å². The molecule has 0 fully saturated rings. The molecule has 0 saturated heterocycles. The Hall–Kier alpha value is -2.47. The van der Waals surface area contributed by atoms with Crippen molar-refractivity contribution in [3.63, 3.8) is 0 Å². The molecule has 0 aliphatic heterocycles. The van der Waals surface area contributed by atoms with Crippen LogP contribution in [0.4, 0.5) is 5.69 Å². The number of nitrogens with one attached hydrogen (secondary N) is 1. The van der Waals surface area contributed by atoms with Crippen LogP contribution in [0.2, 0.25) is 0 Å². The molecule has 0 radical (unpaired) electrons. The third kappa shape index (κ3) is 3.17. The van der Waals surface area contributed by atoms with Crippen molar-refractivity contribution in [1.82, 2.24) is 10.1 Å². The number of nitrogens with zero attached hydrogens (tertiary/aromatic N) is 2. The minimum absolute atomic E-state index is 0.219. The Balaban J connectivity index is 1.77. The van der Waals surface area contributed by atoms with Crippen LogP contribution < -0.4 is 5.32 Å². The summed E-state index contributed by atoms with van der Waals surface area (Å²) in [6.07, 6.45) is 3.32. The van der Waals surface area contributed by atoms with Crippen LogP contribution in [0, 0.1) is 0 Å². The molecule has 6 heteroatoms. The molecule has 5 nitrogen and oxygen atoms in total. The maximum Gasteiger partial charge on any atom is 0.277 e. The molecule has 0 unspecified atom stereocenters. The van der Waals surface area contributed by atoms with Crippen LogP contribution in [0.5, 0.6) is 0 Å². The van der Waals surface area contributed by atoms with Crippen molar-refractivity contribution in [3.05, 3.63) is 65.0 Å². The zero-order chi connectivity index (χ0) is 14.7. The van der Waals surface area contributed by atoms with Crippen molar-refractivity contribution in [3.8, 4) is 11.3 Å². The molecule has 1 N–H and O–H groups in total. The standard InChI is InChI=1S/C15H10BrN3O2/c16-11-3-5-12(6-4-11)18-15(20)13-8-14(21-19-13)10-2-1-7-17-9-10/h1-9H,(H,18,20). The van der Waals surface area contributed by atoms with Gasteiger partial charge in [-0.2, -0.15) is 0 Å². The zero-order valence-electron chi connectivity index (χ0n) is 10.8. The third-order valence-corrected chi connectivity index (χ3v) is 3.32. The molecule has 21 heavy (non-hydrogen) atoms. The van der Waals surface area contributed by atoms with Gasteiger partial charge in [0.15, 0.2) is 11.5 Å². The van der Waals surface area contributed by atoms with Crippen molar-refractivity contribution in [2.45, 2.75) is 0 Å². The van der Waals surface area contributed by atoms with Crippen molar-refractivity contribution >= 4 is 27.5 Å². The highest BCUT2D eigenvalue weighted by molar-refractivity contribution is 9.10. The van der Waals surface area contributed by atoms with E-state index in [1.54, 1.807) is 36.7 Å². The van der Waals surface area contributed by atoms with E-state index in [1.807, 2.05) is 18.2 Å². The molecule has 0 aliphatic rings. The van der Waals surface area contributed by atoms with Gasteiger partial charge in [0.1, 0.15) is 0 Å². The summed E-state index contributed by atoms with van der Waals surface area (Å²) in [5, 5.41) is 6.53. The number of carbonyl (C=O) groups is 1. The van der Waals surface area contributed by atoms with Crippen molar-refractivity contribution in [1.29, 1.82) is 0 Å². The number of halogens is 1. The predicted octanol–water partition coefficient (Wildman–Crippen LogP) is 3.75. The molecule has 1 amide bonds. The highest BCUT2D eigenvalue weighted by Gasteiger charge is 2.13. The first-order chi connectivity index (χ1) is 10.2. The van der Waals surface area contributed by atoms with Gasteiger partial charge >= 0.3 is 0 Å². The SMILES string of the molecule is O=C(Nc1ccc(Br)cc1)c1cc(-c2cccnc2)on1. The second-order valence-electron chi connectivity index (χ2n) is 4.28. The first-order valence-electron chi connectivity index (χ1n) is 6.16. The van der Waals surface area contributed by atoms with E-state index in [2.05, 4.69) is 31.4 Å². The Labute approximate surface area is 129 Å². The lowest BCUT2D eigenvalue weighted by atomic mass is 10.2. The molecule has 0 saturated carbocycles. The smallest absolute Gasteiger partial charge is 0.277 e. The molecular formula is C15H10BrN3O2. The topological polar surface area (TPSA) is 68.0 Å². The summed E-state index contributed by atoms with van der Waals surface area (Å²) in [6, 6.07) is 12.5.